The van der Waals surface area contributed by atoms with Crippen LogP contribution in [0.1, 0.15) is 37.8 Å². The van der Waals surface area contributed by atoms with E-state index in [0.717, 1.165) is 11.5 Å². The van der Waals surface area contributed by atoms with Crippen LogP contribution in [0.25, 0.3) is 0 Å². The third-order valence-electron chi connectivity index (χ3n) is 3.78. The number of carbonyl (C=O) groups is 2. The molecule has 136 valence electrons. The average Bonchev–Trinajstić information content (AvgIpc) is 3.21. The molecule has 2 amide bonds. The maximum Gasteiger partial charge on any atom is 0.269 e. The first kappa shape index (κ1) is 18.7. The van der Waals surface area contributed by atoms with Gasteiger partial charge >= 0.3 is 0 Å². The van der Waals surface area contributed by atoms with Crippen LogP contribution in [-0.4, -0.2) is 29.9 Å². The lowest BCUT2D eigenvalue weighted by molar-refractivity contribution is 0.0846. The summed E-state index contributed by atoms with van der Waals surface area (Å²) in [6.07, 6.45) is 0. The summed E-state index contributed by atoms with van der Waals surface area (Å²) in [7, 11) is 0. The second-order valence-electron chi connectivity index (χ2n) is 5.56. The molecule has 2 N–H and O–H groups in total. The van der Waals surface area contributed by atoms with E-state index in [9.17, 15) is 9.59 Å². The average molecular weight is 389 g/mol. The van der Waals surface area contributed by atoms with Crippen molar-refractivity contribution in [1.82, 2.24) is 10.9 Å². The van der Waals surface area contributed by atoms with Gasteiger partial charge in [-0.15, -0.1) is 23.5 Å². The van der Waals surface area contributed by atoms with E-state index in [1.54, 1.807) is 36.4 Å². The van der Waals surface area contributed by atoms with Crippen LogP contribution in [0, 0.1) is 0 Å². The van der Waals surface area contributed by atoms with E-state index in [0.29, 0.717) is 28.1 Å². The largest absolute Gasteiger partial charge is 0.494 e. The molecule has 0 aromatic heterocycles. The van der Waals surface area contributed by atoms with Gasteiger partial charge in [-0.05, 0) is 48.9 Å². The molecule has 26 heavy (non-hydrogen) atoms. The van der Waals surface area contributed by atoms with Gasteiger partial charge in [0.15, 0.2) is 0 Å². The number of hydrogen-bond donors (Lipinski definition) is 2. The van der Waals surface area contributed by atoms with Crippen LogP contribution in [0.4, 0.5) is 0 Å². The van der Waals surface area contributed by atoms with Crippen LogP contribution in [0.2, 0.25) is 0 Å². The highest BCUT2D eigenvalue weighted by atomic mass is 32.2. The summed E-state index contributed by atoms with van der Waals surface area (Å²) in [4.78, 5) is 24.3. The SMILES string of the molecule is CCOc1ccc(C(=O)NNC(=O)c2ccc(C3SCCS3)cc2)cc1. The Balaban J connectivity index is 1.53. The first-order valence-corrected chi connectivity index (χ1v) is 10.4. The van der Waals surface area contributed by atoms with Gasteiger partial charge in [0.1, 0.15) is 5.75 Å². The van der Waals surface area contributed by atoms with Crippen molar-refractivity contribution >= 4 is 35.3 Å². The summed E-state index contributed by atoms with van der Waals surface area (Å²) < 4.78 is 5.79. The molecule has 1 aliphatic rings. The number of carbonyl (C=O) groups excluding carboxylic acids is 2. The van der Waals surface area contributed by atoms with Crippen LogP contribution >= 0.6 is 23.5 Å². The predicted octanol–water partition coefficient (Wildman–Crippen LogP) is 3.64. The summed E-state index contributed by atoms with van der Waals surface area (Å²) in [6, 6.07) is 14.3. The molecular weight excluding hydrogens is 368 g/mol. The number of nitrogens with one attached hydrogen (secondary N) is 2. The Morgan fingerprint density at radius 2 is 1.42 bits per heavy atom. The van der Waals surface area contributed by atoms with Gasteiger partial charge in [-0.25, -0.2) is 0 Å². The molecule has 0 saturated carbocycles. The van der Waals surface area contributed by atoms with Crippen molar-refractivity contribution in [2.45, 2.75) is 11.5 Å². The summed E-state index contributed by atoms with van der Waals surface area (Å²) in [5, 5.41) is 0. The van der Waals surface area contributed by atoms with E-state index in [1.165, 1.54) is 5.56 Å². The molecule has 0 spiro atoms. The highest BCUT2D eigenvalue weighted by Gasteiger charge is 2.18. The van der Waals surface area contributed by atoms with Gasteiger partial charge in [0.2, 0.25) is 0 Å². The molecule has 1 saturated heterocycles. The van der Waals surface area contributed by atoms with Crippen molar-refractivity contribution in [2.75, 3.05) is 18.1 Å². The molecule has 0 aliphatic carbocycles. The Morgan fingerprint density at radius 1 is 0.923 bits per heavy atom. The summed E-state index contributed by atoms with van der Waals surface area (Å²) in [6.45, 7) is 2.46. The maximum absolute atomic E-state index is 12.2. The fraction of sp³-hybridized carbons (Fsp3) is 0.263. The molecule has 1 aliphatic heterocycles. The van der Waals surface area contributed by atoms with E-state index < -0.39 is 0 Å². The summed E-state index contributed by atoms with van der Waals surface area (Å²) in [5.41, 5.74) is 7.04. The number of ether oxygens (including phenoxy) is 1. The third kappa shape index (κ3) is 4.74. The zero-order chi connectivity index (χ0) is 18.4. The lowest BCUT2D eigenvalue weighted by atomic mass is 10.1. The Hall–Kier alpha value is -2.12. The van der Waals surface area contributed by atoms with Crippen molar-refractivity contribution < 1.29 is 14.3 Å². The lowest BCUT2D eigenvalue weighted by Crippen LogP contribution is -2.41. The normalized spacial score (nSPS) is 14.0. The van der Waals surface area contributed by atoms with E-state index in [-0.39, 0.29) is 11.8 Å². The fourth-order valence-electron chi connectivity index (χ4n) is 2.47. The molecule has 1 heterocycles. The molecule has 1 fully saturated rings. The molecular formula is C19H20N2O3S2. The fourth-order valence-corrected chi connectivity index (χ4v) is 5.33. The molecule has 3 rings (SSSR count). The molecule has 5 nitrogen and oxygen atoms in total. The van der Waals surface area contributed by atoms with Gasteiger partial charge < -0.3 is 4.74 Å². The molecule has 2 aromatic carbocycles. The minimum absolute atomic E-state index is 0.345. The van der Waals surface area contributed by atoms with Gasteiger partial charge in [-0.2, -0.15) is 0 Å². The minimum Gasteiger partial charge on any atom is -0.494 e. The van der Waals surface area contributed by atoms with Gasteiger partial charge in [-0.1, -0.05) is 12.1 Å². The quantitative estimate of drug-likeness (QED) is 0.766. The number of hydrogen-bond acceptors (Lipinski definition) is 5. The third-order valence-corrected chi connectivity index (χ3v) is 6.89. The van der Waals surface area contributed by atoms with Crippen molar-refractivity contribution in [3.63, 3.8) is 0 Å². The van der Waals surface area contributed by atoms with Crippen LogP contribution in [0.3, 0.4) is 0 Å². The molecule has 0 bridgehead atoms. The molecule has 2 aromatic rings. The predicted molar refractivity (Wildman–Crippen MR) is 107 cm³/mol. The molecule has 0 atom stereocenters. The minimum atomic E-state index is -0.378. The van der Waals surface area contributed by atoms with Crippen molar-refractivity contribution in [1.29, 1.82) is 0 Å². The molecule has 0 radical (unpaired) electrons. The Bertz CT molecular complexity index is 757. The highest BCUT2D eigenvalue weighted by Crippen LogP contribution is 2.45. The number of thioether (sulfide) groups is 2. The van der Waals surface area contributed by atoms with Crippen molar-refractivity contribution in [2.24, 2.45) is 0 Å². The zero-order valence-electron chi connectivity index (χ0n) is 14.4. The standard InChI is InChI=1S/C19H20N2O3S2/c1-2-24-16-9-7-14(8-10-16)18(23)21-20-17(22)13-3-5-15(6-4-13)19-25-11-12-26-19/h3-10,19H,2,11-12H2,1H3,(H,20,22)(H,21,23). The van der Waals surface area contributed by atoms with Gasteiger partial charge in [0.25, 0.3) is 11.8 Å². The van der Waals surface area contributed by atoms with E-state index in [1.807, 2.05) is 42.6 Å². The van der Waals surface area contributed by atoms with Gasteiger partial charge in [0.05, 0.1) is 11.2 Å². The van der Waals surface area contributed by atoms with Crippen LogP contribution in [-0.2, 0) is 0 Å². The van der Waals surface area contributed by atoms with Crippen molar-refractivity contribution in [3.8, 4) is 5.75 Å². The van der Waals surface area contributed by atoms with Crippen molar-refractivity contribution in [3.05, 3.63) is 65.2 Å². The number of rotatable bonds is 5. The number of amides is 2. The lowest BCUT2D eigenvalue weighted by Gasteiger charge is -2.10. The van der Waals surface area contributed by atoms with Crippen LogP contribution in [0.5, 0.6) is 5.75 Å². The van der Waals surface area contributed by atoms with E-state index in [4.69, 9.17) is 4.74 Å². The first-order valence-electron chi connectivity index (χ1n) is 8.34. The smallest absolute Gasteiger partial charge is 0.269 e. The van der Waals surface area contributed by atoms with E-state index in [2.05, 4.69) is 10.9 Å². The highest BCUT2D eigenvalue weighted by molar-refractivity contribution is 8.19. The van der Waals surface area contributed by atoms with Gasteiger partial charge in [0, 0.05) is 22.6 Å². The summed E-state index contributed by atoms with van der Waals surface area (Å²) >= 11 is 3.84. The second-order valence-corrected chi connectivity index (χ2v) is 8.29. The topological polar surface area (TPSA) is 67.4 Å². The maximum atomic E-state index is 12.2. The Morgan fingerprint density at radius 3 is 1.92 bits per heavy atom. The van der Waals surface area contributed by atoms with Gasteiger partial charge in [-0.3, -0.25) is 20.4 Å². The first-order chi connectivity index (χ1) is 12.7. The second kappa shape index (κ2) is 9.00. The molecule has 0 unspecified atom stereocenters. The number of hydrazine groups is 1. The number of benzene rings is 2. The molecule has 7 heteroatoms. The van der Waals surface area contributed by atoms with Crippen LogP contribution < -0.4 is 15.6 Å². The summed E-state index contributed by atoms with van der Waals surface area (Å²) in [5.74, 6) is 2.30. The monoisotopic (exact) mass is 388 g/mol. The zero-order valence-corrected chi connectivity index (χ0v) is 16.0. The Kier molecular flexibility index (Phi) is 6.46. The Labute approximate surface area is 161 Å². The van der Waals surface area contributed by atoms with Crippen LogP contribution in [0.15, 0.2) is 48.5 Å². The van der Waals surface area contributed by atoms with E-state index >= 15 is 0 Å².